The molecule has 0 unspecified atom stereocenters. The molecule has 12 nitrogen and oxygen atoms in total. The number of carboxylic acid groups (broad SMARTS) is 1. The molecule has 5 rings (SSSR count). The highest BCUT2D eigenvalue weighted by Crippen LogP contribution is 2.39. The minimum Gasteiger partial charge on any atom is -0.490 e. The summed E-state index contributed by atoms with van der Waals surface area (Å²) in [4.78, 5) is 40.6. The zero-order valence-corrected chi connectivity index (χ0v) is 21.3. The quantitative estimate of drug-likeness (QED) is 0.156. The van der Waals surface area contributed by atoms with Crippen molar-refractivity contribution in [3.63, 3.8) is 0 Å². The molecule has 0 saturated heterocycles. The van der Waals surface area contributed by atoms with Gasteiger partial charge in [0.05, 0.1) is 28.6 Å². The lowest BCUT2D eigenvalue weighted by atomic mass is 10.1. The van der Waals surface area contributed by atoms with Crippen molar-refractivity contribution < 1.29 is 28.7 Å². The fourth-order valence-electron chi connectivity index (χ4n) is 4.03. The third-order valence-electron chi connectivity index (χ3n) is 5.92. The van der Waals surface area contributed by atoms with E-state index in [2.05, 4.69) is 10.1 Å². The maximum atomic E-state index is 13.5. The molecule has 0 aliphatic carbocycles. The summed E-state index contributed by atoms with van der Waals surface area (Å²) in [7, 11) is 0. The summed E-state index contributed by atoms with van der Waals surface area (Å²) in [6.45, 7) is 3.03. The van der Waals surface area contributed by atoms with E-state index in [-0.39, 0.29) is 29.5 Å². The molecule has 0 amide bonds. The van der Waals surface area contributed by atoms with Crippen LogP contribution in [0.1, 0.15) is 19.4 Å². The Morgan fingerprint density at radius 2 is 1.95 bits per heavy atom. The molecule has 2 heterocycles. The molecule has 12 heteroatoms. The Bertz CT molecular complexity index is 1820. The molecule has 3 aromatic carbocycles. The van der Waals surface area contributed by atoms with Gasteiger partial charge < -0.3 is 19.0 Å². The van der Waals surface area contributed by atoms with Gasteiger partial charge in [-0.2, -0.15) is 9.78 Å². The number of carboxylic acids is 1. The average Bonchev–Trinajstić information content (AvgIpc) is 3.37. The van der Waals surface area contributed by atoms with Crippen molar-refractivity contribution in [3.8, 4) is 23.1 Å². The molecule has 2 aromatic heterocycles. The van der Waals surface area contributed by atoms with Crippen molar-refractivity contribution in [2.24, 2.45) is 5.10 Å². The van der Waals surface area contributed by atoms with Gasteiger partial charge in [0.15, 0.2) is 17.6 Å². The van der Waals surface area contributed by atoms with Gasteiger partial charge in [0, 0.05) is 17.0 Å². The van der Waals surface area contributed by atoms with Gasteiger partial charge in [0.25, 0.3) is 5.56 Å². The number of aliphatic carboxylic acids is 1. The van der Waals surface area contributed by atoms with Gasteiger partial charge in [-0.1, -0.05) is 30.3 Å². The van der Waals surface area contributed by atoms with E-state index in [0.717, 1.165) is 16.1 Å². The Labute approximate surface area is 225 Å². The van der Waals surface area contributed by atoms with Crippen LogP contribution in [0, 0.1) is 10.1 Å². The number of hydrogen-bond acceptors (Lipinski definition) is 9. The van der Waals surface area contributed by atoms with Gasteiger partial charge in [-0.3, -0.25) is 14.9 Å². The number of carbonyl (C=O) groups is 1. The molecule has 0 fully saturated rings. The fraction of sp³-hybridized carbons (Fsp3) is 0.143. The number of rotatable bonds is 9. The molecule has 40 heavy (non-hydrogen) atoms. The molecule has 1 N–H and O–H groups in total. The van der Waals surface area contributed by atoms with E-state index in [4.69, 9.17) is 13.9 Å². The third kappa shape index (κ3) is 4.97. The first kappa shape index (κ1) is 26.1. The minimum atomic E-state index is -1.37. The SMILES string of the molecule is CCOc1cc(C=Nn2c(-c3cc4ccccc4o3)nc3ccccc3c2=O)cc([N+](=O)[O-])c1O[C@H](C)C(=O)O. The predicted molar refractivity (Wildman–Crippen MR) is 146 cm³/mol. The van der Waals surface area contributed by atoms with Gasteiger partial charge in [-0.05, 0) is 44.2 Å². The molecular weight excluding hydrogens is 520 g/mol. The summed E-state index contributed by atoms with van der Waals surface area (Å²) in [6.07, 6.45) is -0.129. The van der Waals surface area contributed by atoms with Gasteiger partial charge in [-0.15, -0.1) is 0 Å². The summed E-state index contributed by atoms with van der Waals surface area (Å²) < 4.78 is 17.9. The van der Waals surface area contributed by atoms with Crippen molar-refractivity contribution >= 4 is 39.7 Å². The second-order valence-electron chi connectivity index (χ2n) is 8.62. The number of nitrogens with zero attached hydrogens (tertiary/aromatic N) is 4. The van der Waals surface area contributed by atoms with Crippen LogP contribution >= 0.6 is 0 Å². The molecule has 1 atom stereocenters. The van der Waals surface area contributed by atoms with Crippen LogP contribution in [0.5, 0.6) is 11.5 Å². The van der Waals surface area contributed by atoms with E-state index < -0.39 is 28.2 Å². The molecule has 0 aliphatic rings. The van der Waals surface area contributed by atoms with Gasteiger partial charge in [0.2, 0.25) is 11.6 Å². The molecular formula is C28H22N4O8. The molecule has 0 aliphatic heterocycles. The van der Waals surface area contributed by atoms with Crippen molar-refractivity contribution in [2.45, 2.75) is 20.0 Å². The number of ether oxygens (including phenoxy) is 2. The van der Waals surface area contributed by atoms with Crippen LogP contribution in [0.4, 0.5) is 5.69 Å². The first-order valence-corrected chi connectivity index (χ1v) is 12.2. The topological polar surface area (TPSA) is 159 Å². The van der Waals surface area contributed by atoms with Crippen molar-refractivity contribution in [1.82, 2.24) is 9.66 Å². The standard InChI is InChI=1S/C28H22N4O8/c1-3-38-23-13-17(12-21(32(36)37)25(23)39-16(2)28(34)35)15-29-31-26(24-14-18-8-4-7-11-22(18)40-24)30-20-10-6-5-9-19(20)27(31)33/h4-16H,3H2,1-2H3,(H,34,35)/t16-/m1/s1. The van der Waals surface area contributed by atoms with Gasteiger partial charge in [-0.25, -0.2) is 9.78 Å². The summed E-state index contributed by atoms with van der Waals surface area (Å²) in [5.41, 5.74) is 0.228. The van der Waals surface area contributed by atoms with Gasteiger partial charge in [0.1, 0.15) is 5.58 Å². The molecule has 0 saturated carbocycles. The van der Waals surface area contributed by atoms with E-state index in [9.17, 15) is 24.8 Å². The normalized spacial score (nSPS) is 12.2. The fourth-order valence-corrected chi connectivity index (χ4v) is 4.03. The highest BCUT2D eigenvalue weighted by Gasteiger charge is 2.26. The number of benzene rings is 3. The molecule has 0 bridgehead atoms. The Hall–Kier alpha value is -5.52. The van der Waals surface area contributed by atoms with Crippen LogP contribution in [0.2, 0.25) is 0 Å². The maximum Gasteiger partial charge on any atom is 0.344 e. The van der Waals surface area contributed by atoms with E-state index in [0.29, 0.717) is 22.2 Å². The Morgan fingerprint density at radius 3 is 2.67 bits per heavy atom. The number of para-hydroxylation sites is 2. The molecule has 202 valence electrons. The molecule has 5 aromatic rings. The number of nitro groups is 1. The summed E-state index contributed by atoms with van der Waals surface area (Å²) in [5, 5.41) is 26.6. The summed E-state index contributed by atoms with van der Waals surface area (Å²) in [6, 6.07) is 18.4. The van der Waals surface area contributed by atoms with Crippen LogP contribution < -0.4 is 15.0 Å². The van der Waals surface area contributed by atoms with Crippen molar-refractivity contribution in [1.29, 1.82) is 0 Å². The lowest BCUT2D eigenvalue weighted by Gasteiger charge is -2.15. The highest BCUT2D eigenvalue weighted by atomic mass is 16.6. The average molecular weight is 543 g/mol. The first-order valence-electron chi connectivity index (χ1n) is 12.2. The lowest BCUT2D eigenvalue weighted by Crippen LogP contribution is -2.23. The third-order valence-corrected chi connectivity index (χ3v) is 5.92. The number of aromatic nitrogens is 2. The van der Waals surface area contributed by atoms with Crippen molar-refractivity contribution in [3.05, 3.63) is 92.8 Å². The number of nitro benzene ring substituents is 1. The Balaban J connectivity index is 1.67. The maximum absolute atomic E-state index is 13.5. The monoisotopic (exact) mass is 542 g/mol. The van der Waals surface area contributed by atoms with E-state index in [1.165, 1.54) is 19.2 Å². The zero-order chi connectivity index (χ0) is 28.4. The van der Waals surface area contributed by atoms with Crippen LogP contribution in [0.3, 0.4) is 0 Å². The largest absolute Gasteiger partial charge is 0.490 e. The van der Waals surface area contributed by atoms with E-state index >= 15 is 0 Å². The number of furan rings is 1. The number of hydrogen-bond donors (Lipinski definition) is 1. The molecule has 0 spiro atoms. The zero-order valence-electron chi connectivity index (χ0n) is 21.3. The van der Waals surface area contributed by atoms with Crippen LogP contribution in [0.25, 0.3) is 33.5 Å². The van der Waals surface area contributed by atoms with Crippen LogP contribution in [-0.4, -0.2) is 44.6 Å². The highest BCUT2D eigenvalue weighted by molar-refractivity contribution is 5.86. The first-order chi connectivity index (χ1) is 19.3. The predicted octanol–water partition coefficient (Wildman–Crippen LogP) is 4.85. The van der Waals surface area contributed by atoms with Gasteiger partial charge >= 0.3 is 11.7 Å². The molecule has 0 radical (unpaired) electrons. The van der Waals surface area contributed by atoms with E-state index in [1.54, 1.807) is 43.3 Å². The van der Waals surface area contributed by atoms with Crippen LogP contribution in [-0.2, 0) is 4.79 Å². The summed E-state index contributed by atoms with van der Waals surface area (Å²) >= 11 is 0. The second kappa shape index (κ2) is 10.7. The lowest BCUT2D eigenvalue weighted by molar-refractivity contribution is -0.386. The Morgan fingerprint density at radius 1 is 1.20 bits per heavy atom. The Kier molecular flexibility index (Phi) is 6.98. The second-order valence-corrected chi connectivity index (χ2v) is 8.62. The van der Waals surface area contributed by atoms with Crippen LogP contribution in [0.15, 0.2) is 81.0 Å². The minimum absolute atomic E-state index is 0.0484. The van der Waals surface area contributed by atoms with Crippen molar-refractivity contribution in [2.75, 3.05) is 6.61 Å². The smallest absolute Gasteiger partial charge is 0.344 e. The number of fused-ring (bicyclic) bond motifs is 2. The van der Waals surface area contributed by atoms with E-state index in [1.807, 2.05) is 18.2 Å². The summed E-state index contributed by atoms with van der Waals surface area (Å²) in [5.74, 6) is -1.25.